The van der Waals surface area contributed by atoms with E-state index in [1.807, 2.05) is 0 Å². The molecule has 14 nitrogen and oxygen atoms in total. The highest BCUT2D eigenvalue weighted by molar-refractivity contribution is 6.35. The van der Waals surface area contributed by atoms with Crippen molar-refractivity contribution in [1.29, 1.82) is 0 Å². The number of aromatic hydroxyl groups is 1. The Kier molecular flexibility index (Phi) is 12.1. The maximum atomic E-state index is 13.6. The normalized spacial score (nSPS) is 17.0. The standard InChI is InChI=1S/C35H43Cl2N5O9/c1-8-49-29(44)18-27(25-16-23(36)17-26(37)30(25)45)38-31(46)22-15-28(43)39(20-22)24-11-9-10-21(14-24)19-42-40(32(47)50-34(2,3)4)12-13-41(42)33(48)51-35(5,6)7/h9-11,14,16-17,19,22,27H,8,12-13,15,18,20H2,1-7H3,(H-,38,45,46)/p+1. The highest BCUT2D eigenvalue weighted by Gasteiger charge is 2.45. The molecule has 2 aromatic carbocycles. The number of hydrazone groups is 2. The average Bonchev–Trinajstić information content (AvgIpc) is 3.61. The van der Waals surface area contributed by atoms with Gasteiger partial charge in [-0.05, 0) is 88.8 Å². The van der Waals surface area contributed by atoms with Crippen molar-refractivity contribution >= 4 is 65.1 Å². The third-order valence-electron chi connectivity index (χ3n) is 7.59. The van der Waals surface area contributed by atoms with Gasteiger partial charge >= 0.3 is 18.2 Å². The van der Waals surface area contributed by atoms with Gasteiger partial charge in [-0.15, -0.1) is 0 Å². The zero-order valence-corrected chi connectivity index (χ0v) is 31.2. The van der Waals surface area contributed by atoms with Crippen LogP contribution in [0, 0.1) is 5.92 Å². The lowest BCUT2D eigenvalue weighted by atomic mass is 10.0. The van der Waals surface area contributed by atoms with Crippen LogP contribution in [0.5, 0.6) is 5.75 Å². The zero-order valence-electron chi connectivity index (χ0n) is 29.7. The van der Waals surface area contributed by atoms with Crippen LogP contribution in [0.1, 0.15) is 78.5 Å². The van der Waals surface area contributed by atoms with E-state index in [9.17, 15) is 29.1 Å². The van der Waals surface area contributed by atoms with Crippen LogP contribution in [-0.2, 0) is 28.6 Å². The van der Waals surface area contributed by atoms with Gasteiger partial charge in [0.2, 0.25) is 18.0 Å². The summed E-state index contributed by atoms with van der Waals surface area (Å²) < 4.78 is 16.2. The monoisotopic (exact) mass is 748 g/mol. The highest BCUT2D eigenvalue weighted by Crippen LogP contribution is 2.37. The molecule has 2 atom stereocenters. The van der Waals surface area contributed by atoms with Gasteiger partial charge in [0.15, 0.2) is 0 Å². The fourth-order valence-electron chi connectivity index (χ4n) is 5.45. The van der Waals surface area contributed by atoms with Crippen molar-refractivity contribution in [2.24, 2.45) is 5.92 Å². The van der Waals surface area contributed by atoms with Gasteiger partial charge in [-0.25, -0.2) is 9.59 Å². The molecular weight excluding hydrogens is 705 g/mol. The van der Waals surface area contributed by atoms with E-state index in [1.54, 1.807) is 78.9 Å². The predicted molar refractivity (Wildman–Crippen MR) is 188 cm³/mol. The number of phenolic OH excluding ortho intramolecular Hbond substituents is 1. The highest BCUT2D eigenvalue weighted by atomic mass is 35.5. The molecule has 0 aliphatic carbocycles. The number of ether oxygens (including phenoxy) is 3. The SMILES string of the molecule is CCOC(=O)CC(NC(=O)C1CC(=O)N(c2cccc(C=[N+]3N(C(=O)OC(C)(C)C)CCN3C(=O)OC(C)(C)C)c2)C1)c1cc(Cl)cc(Cl)c1O. The number of nitrogens with one attached hydrogen (secondary N) is 1. The Hall–Kier alpha value is -4.56. The molecule has 0 aromatic heterocycles. The Morgan fingerprint density at radius 2 is 1.61 bits per heavy atom. The molecule has 0 saturated carbocycles. The van der Waals surface area contributed by atoms with Crippen molar-refractivity contribution in [1.82, 2.24) is 15.3 Å². The Labute approximate surface area is 306 Å². The van der Waals surface area contributed by atoms with Crippen LogP contribution < -0.4 is 10.2 Å². The molecule has 2 aliphatic rings. The van der Waals surface area contributed by atoms with Crippen LogP contribution in [0.4, 0.5) is 15.3 Å². The van der Waals surface area contributed by atoms with Gasteiger partial charge in [0.25, 0.3) is 0 Å². The minimum absolute atomic E-state index is 0.0142. The van der Waals surface area contributed by atoms with Gasteiger partial charge < -0.3 is 29.5 Å². The fourth-order valence-corrected chi connectivity index (χ4v) is 5.96. The molecule has 276 valence electrons. The first kappa shape index (κ1) is 39.2. The van der Waals surface area contributed by atoms with Gasteiger partial charge in [0, 0.05) is 39.6 Å². The number of hydrazine groups is 2. The Morgan fingerprint density at radius 3 is 2.18 bits per heavy atom. The summed E-state index contributed by atoms with van der Waals surface area (Å²) in [6.07, 6.45) is -0.224. The number of phenols is 1. The van der Waals surface area contributed by atoms with Gasteiger partial charge in [-0.1, -0.05) is 29.3 Å². The lowest BCUT2D eigenvalue weighted by Gasteiger charge is -2.23. The maximum absolute atomic E-state index is 13.6. The molecule has 2 saturated heterocycles. The maximum Gasteiger partial charge on any atom is 0.466 e. The van der Waals surface area contributed by atoms with E-state index in [0.29, 0.717) is 11.3 Å². The summed E-state index contributed by atoms with van der Waals surface area (Å²) in [6.45, 7) is 12.5. The number of carbonyl (C=O) groups excluding carboxylic acids is 5. The van der Waals surface area contributed by atoms with Gasteiger partial charge in [0.05, 0.1) is 30.0 Å². The first-order valence-corrected chi connectivity index (χ1v) is 17.2. The number of hydrogen-bond acceptors (Lipinski definition) is 9. The third kappa shape index (κ3) is 10.3. The molecule has 2 aromatic rings. The van der Waals surface area contributed by atoms with Crippen molar-refractivity contribution in [2.45, 2.75) is 78.6 Å². The van der Waals surface area contributed by atoms with Gasteiger partial charge in [-0.2, -0.15) is 0 Å². The van der Waals surface area contributed by atoms with Crippen molar-refractivity contribution in [2.75, 3.05) is 31.1 Å². The van der Waals surface area contributed by atoms with Crippen molar-refractivity contribution in [3.63, 3.8) is 0 Å². The van der Waals surface area contributed by atoms with E-state index in [1.165, 1.54) is 31.8 Å². The second kappa shape index (κ2) is 15.8. The molecule has 4 rings (SSSR count). The largest absolute Gasteiger partial charge is 0.506 e. The second-order valence-electron chi connectivity index (χ2n) is 14.1. The molecule has 0 radical (unpaired) electrons. The molecule has 51 heavy (non-hydrogen) atoms. The predicted octanol–water partition coefficient (Wildman–Crippen LogP) is 5.61. The summed E-state index contributed by atoms with van der Waals surface area (Å²) in [4.78, 5) is 68.4. The minimum Gasteiger partial charge on any atom is -0.506 e. The van der Waals surface area contributed by atoms with E-state index in [-0.39, 0.29) is 66.3 Å². The molecule has 2 aliphatic heterocycles. The minimum atomic E-state index is -1.05. The first-order valence-electron chi connectivity index (χ1n) is 16.5. The van der Waals surface area contributed by atoms with Crippen LogP contribution in [0.3, 0.4) is 0 Å². The third-order valence-corrected chi connectivity index (χ3v) is 8.10. The number of esters is 1. The van der Waals surface area contributed by atoms with Crippen LogP contribution >= 0.6 is 23.2 Å². The van der Waals surface area contributed by atoms with Crippen LogP contribution in [0.2, 0.25) is 10.0 Å². The summed E-state index contributed by atoms with van der Waals surface area (Å²) in [6, 6.07) is 8.51. The van der Waals surface area contributed by atoms with Crippen molar-refractivity contribution < 1.29 is 48.1 Å². The van der Waals surface area contributed by atoms with E-state index < -0.39 is 47.2 Å². The Balaban J connectivity index is 1.58. The first-order chi connectivity index (χ1) is 23.8. The summed E-state index contributed by atoms with van der Waals surface area (Å²) in [7, 11) is 0. The van der Waals surface area contributed by atoms with Crippen LogP contribution in [0.15, 0.2) is 36.4 Å². The number of nitrogens with zero attached hydrogens (tertiary/aromatic N) is 4. The lowest BCUT2D eigenvalue weighted by molar-refractivity contribution is -0.756. The molecule has 16 heteroatoms. The summed E-state index contributed by atoms with van der Waals surface area (Å²) in [5.74, 6) is -2.63. The van der Waals surface area contributed by atoms with E-state index in [0.717, 1.165) is 0 Å². The summed E-state index contributed by atoms with van der Waals surface area (Å²) >= 11 is 12.3. The molecule has 2 heterocycles. The number of anilines is 1. The molecular formula is C35H44Cl2N5O9+. The smallest absolute Gasteiger partial charge is 0.466 e. The molecule has 2 unspecified atom stereocenters. The molecule has 0 spiro atoms. The summed E-state index contributed by atoms with van der Waals surface area (Å²) in [5, 5.41) is 16.1. The molecule has 4 amide bonds. The average molecular weight is 750 g/mol. The van der Waals surface area contributed by atoms with Crippen LogP contribution in [-0.4, -0.2) is 93.5 Å². The quantitative estimate of drug-likeness (QED) is 0.199. The van der Waals surface area contributed by atoms with Crippen LogP contribution in [0.25, 0.3) is 0 Å². The number of benzene rings is 2. The molecule has 2 N–H and O–H groups in total. The topological polar surface area (TPSA) is 158 Å². The van der Waals surface area contributed by atoms with Gasteiger partial charge in [0.1, 0.15) is 30.0 Å². The number of halogens is 2. The summed E-state index contributed by atoms with van der Waals surface area (Å²) in [5.41, 5.74) is -0.456. The van der Waals surface area contributed by atoms with Crippen molar-refractivity contribution in [3.05, 3.63) is 57.6 Å². The Bertz CT molecular complexity index is 1680. The fraction of sp³-hybridized carbons (Fsp3) is 0.486. The van der Waals surface area contributed by atoms with E-state index in [4.69, 9.17) is 37.4 Å². The number of rotatable bonds is 8. The Morgan fingerprint density at radius 1 is 1.00 bits per heavy atom. The van der Waals surface area contributed by atoms with Gasteiger partial charge in [-0.3, -0.25) is 14.4 Å². The zero-order chi connectivity index (χ0) is 37.8. The van der Waals surface area contributed by atoms with E-state index >= 15 is 0 Å². The molecule has 2 fully saturated rings. The number of carbonyl (C=O) groups is 5. The van der Waals surface area contributed by atoms with Crippen molar-refractivity contribution in [3.8, 4) is 5.75 Å². The lowest BCUT2D eigenvalue weighted by Crippen LogP contribution is -2.46. The molecule has 0 bridgehead atoms. The number of amides is 4. The van der Waals surface area contributed by atoms with E-state index in [2.05, 4.69) is 5.32 Å². The second-order valence-corrected chi connectivity index (χ2v) is 14.9. The number of hydrogen-bond donors (Lipinski definition) is 2.